The molecule has 6 nitrogen and oxygen atoms in total. The van der Waals surface area contributed by atoms with Gasteiger partial charge in [-0.15, -0.1) is 10.2 Å². The van der Waals surface area contributed by atoms with Gasteiger partial charge in [-0.3, -0.25) is 0 Å². The summed E-state index contributed by atoms with van der Waals surface area (Å²) in [6.07, 6.45) is 0.299. The molecule has 0 saturated heterocycles. The highest BCUT2D eigenvalue weighted by molar-refractivity contribution is 7.98. The second-order valence-corrected chi connectivity index (χ2v) is 8.26. The van der Waals surface area contributed by atoms with Crippen molar-refractivity contribution in [3.05, 3.63) is 41.5 Å². The third kappa shape index (κ3) is 6.86. The number of alkyl carbamates (subject to hydrolysis) is 1. The summed E-state index contributed by atoms with van der Waals surface area (Å²) >= 11 is 1.36. The first kappa shape index (κ1) is 21.2. The minimum atomic E-state index is -0.588. The molecule has 0 spiro atoms. The van der Waals surface area contributed by atoms with E-state index in [1.54, 1.807) is 12.1 Å². The number of halogens is 1. The lowest BCUT2D eigenvalue weighted by Crippen LogP contribution is -2.37. The summed E-state index contributed by atoms with van der Waals surface area (Å²) in [5, 5.41) is 11.4. The summed E-state index contributed by atoms with van der Waals surface area (Å²) in [6, 6.07) is 5.83. The monoisotopic (exact) mass is 395 g/mol. The molecule has 1 heterocycles. The van der Waals surface area contributed by atoms with Crippen molar-refractivity contribution < 1.29 is 18.3 Å². The lowest BCUT2D eigenvalue weighted by atomic mass is 9.99. The van der Waals surface area contributed by atoms with Crippen LogP contribution in [0.1, 0.15) is 58.5 Å². The van der Waals surface area contributed by atoms with Crippen LogP contribution >= 0.6 is 11.8 Å². The molecule has 2 rings (SSSR count). The fourth-order valence-electron chi connectivity index (χ4n) is 2.25. The maximum Gasteiger partial charge on any atom is 0.408 e. The first-order chi connectivity index (χ1) is 12.7. The molecule has 0 aliphatic carbocycles. The van der Waals surface area contributed by atoms with Crippen molar-refractivity contribution in [2.45, 2.75) is 63.7 Å². The average Bonchev–Trinajstić information content (AvgIpc) is 3.05. The number of carbonyl (C=O) groups excluding carboxylic acids is 1. The predicted molar refractivity (Wildman–Crippen MR) is 102 cm³/mol. The van der Waals surface area contributed by atoms with Gasteiger partial charge in [0.15, 0.2) is 0 Å². The van der Waals surface area contributed by atoms with Crippen LogP contribution in [0.25, 0.3) is 0 Å². The molecule has 2 atom stereocenters. The predicted octanol–water partition coefficient (Wildman–Crippen LogP) is 5.11. The van der Waals surface area contributed by atoms with E-state index in [4.69, 9.17) is 9.15 Å². The number of rotatable bonds is 7. The highest BCUT2D eigenvalue weighted by Gasteiger charge is 2.28. The number of amides is 1. The molecule has 8 heteroatoms. The Morgan fingerprint density at radius 2 is 1.96 bits per heavy atom. The molecule has 0 unspecified atom stereocenters. The fourth-order valence-corrected chi connectivity index (χ4v) is 2.97. The van der Waals surface area contributed by atoms with E-state index >= 15 is 0 Å². The molecule has 1 amide bonds. The number of hydrogen-bond acceptors (Lipinski definition) is 6. The minimum Gasteiger partial charge on any atom is -0.444 e. The molecule has 1 aromatic carbocycles. The normalized spacial score (nSPS) is 13.9. The van der Waals surface area contributed by atoms with Gasteiger partial charge in [-0.1, -0.05) is 44.2 Å². The lowest BCUT2D eigenvalue weighted by Gasteiger charge is -2.24. The molecule has 0 aliphatic heterocycles. The maximum absolute atomic E-state index is 13.0. The fraction of sp³-hybridized carbons (Fsp3) is 0.526. The van der Waals surface area contributed by atoms with Crippen LogP contribution < -0.4 is 5.32 Å². The Hall–Kier alpha value is -2.09. The Kier molecular flexibility index (Phi) is 7.24. The van der Waals surface area contributed by atoms with Crippen LogP contribution in [-0.4, -0.2) is 21.9 Å². The molecular weight excluding hydrogens is 369 g/mol. The molecular formula is C19H26FN3O3S. The van der Waals surface area contributed by atoms with Gasteiger partial charge in [0.2, 0.25) is 5.89 Å². The van der Waals surface area contributed by atoms with Gasteiger partial charge < -0.3 is 14.5 Å². The third-order valence-corrected chi connectivity index (χ3v) is 4.74. The Labute approximate surface area is 163 Å². The van der Waals surface area contributed by atoms with E-state index in [-0.39, 0.29) is 11.7 Å². The second kappa shape index (κ2) is 9.21. The van der Waals surface area contributed by atoms with E-state index in [9.17, 15) is 9.18 Å². The number of nitrogens with one attached hydrogen (secondary N) is 1. The van der Waals surface area contributed by atoms with Crippen molar-refractivity contribution in [3.63, 3.8) is 0 Å². The van der Waals surface area contributed by atoms with Gasteiger partial charge in [-0.25, -0.2) is 9.18 Å². The van der Waals surface area contributed by atoms with E-state index in [2.05, 4.69) is 15.5 Å². The van der Waals surface area contributed by atoms with E-state index in [0.717, 1.165) is 12.0 Å². The van der Waals surface area contributed by atoms with Crippen LogP contribution in [0.2, 0.25) is 0 Å². The molecule has 148 valence electrons. The Morgan fingerprint density at radius 3 is 2.56 bits per heavy atom. The quantitative estimate of drug-likeness (QED) is 0.656. The molecule has 0 aliphatic rings. The largest absolute Gasteiger partial charge is 0.444 e. The summed E-state index contributed by atoms with van der Waals surface area (Å²) in [5.41, 5.74) is 0.362. The zero-order valence-corrected chi connectivity index (χ0v) is 17.1. The zero-order valence-electron chi connectivity index (χ0n) is 16.3. The topological polar surface area (TPSA) is 77.2 Å². The number of aromatic nitrogens is 2. The van der Waals surface area contributed by atoms with Gasteiger partial charge >= 0.3 is 6.09 Å². The van der Waals surface area contributed by atoms with Gasteiger partial charge in [0.25, 0.3) is 5.22 Å². The van der Waals surface area contributed by atoms with Crippen LogP contribution in [0.15, 0.2) is 33.9 Å². The number of nitrogens with zero attached hydrogens (tertiary/aromatic N) is 2. The van der Waals surface area contributed by atoms with Crippen LogP contribution in [0.3, 0.4) is 0 Å². The molecule has 1 aromatic heterocycles. The van der Waals surface area contributed by atoms with E-state index < -0.39 is 17.7 Å². The molecule has 0 radical (unpaired) electrons. The molecule has 0 fully saturated rings. The van der Waals surface area contributed by atoms with Crippen molar-refractivity contribution in [2.75, 3.05) is 0 Å². The first-order valence-electron chi connectivity index (χ1n) is 8.88. The summed E-state index contributed by atoms with van der Waals surface area (Å²) in [4.78, 5) is 12.1. The van der Waals surface area contributed by atoms with Crippen molar-refractivity contribution in [2.24, 2.45) is 5.92 Å². The number of ether oxygens (including phenoxy) is 1. The number of benzene rings is 1. The maximum atomic E-state index is 13.0. The summed E-state index contributed by atoms with van der Waals surface area (Å²) in [6.45, 7) is 9.44. The van der Waals surface area contributed by atoms with Gasteiger partial charge in [-0.2, -0.15) is 0 Å². The standard InChI is InChI=1S/C19H26FN3O3S/c1-6-12(2)15(21-17(24)26-19(3,4)5)16-22-23-18(25-16)27-11-13-7-9-14(20)10-8-13/h7-10,12,15H,6,11H2,1-5H3,(H,21,24)/t12-,15+/m0/s1. The molecule has 2 aromatic rings. The Balaban J connectivity index is 2.04. The number of thioether (sulfide) groups is 1. The summed E-state index contributed by atoms with van der Waals surface area (Å²) in [7, 11) is 0. The number of carbonyl (C=O) groups is 1. The number of hydrogen-bond donors (Lipinski definition) is 1. The summed E-state index contributed by atoms with van der Waals surface area (Å²) < 4.78 is 24.0. The third-order valence-electron chi connectivity index (χ3n) is 3.85. The highest BCUT2D eigenvalue weighted by atomic mass is 32.2. The van der Waals surface area contributed by atoms with Crippen LogP contribution in [-0.2, 0) is 10.5 Å². The van der Waals surface area contributed by atoms with Gasteiger partial charge in [-0.05, 0) is 44.4 Å². The van der Waals surface area contributed by atoms with Crippen LogP contribution in [0.5, 0.6) is 0 Å². The van der Waals surface area contributed by atoms with Crippen molar-refractivity contribution in [1.29, 1.82) is 0 Å². The van der Waals surface area contributed by atoms with E-state index in [0.29, 0.717) is 16.9 Å². The van der Waals surface area contributed by atoms with Crippen molar-refractivity contribution in [3.8, 4) is 0 Å². The molecule has 1 N–H and O–H groups in total. The molecule has 27 heavy (non-hydrogen) atoms. The van der Waals surface area contributed by atoms with E-state index in [1.165, 1.54) is 23.9 Å². The summed E-state index contributed by atoms with van der Waals surface area (Å²) in [5.74, 6) is 0.744. The van der Waals surface area contributed by atoms with Gasteiger partial charge in [0.05, 0.1) is 0 Å². The van der Waals surface area contributed by atoms with Gasteiger partial charge in [0, 0.05) is 5.75 Å². The highest BCUT2D eigenvalue weighted by Crippen LogP contribution is 2.28. The Bertz CT molecular complexity index is 743. The van der Waals surface area contributed by atoms with Crippen LogP contribution in [0.4, 0.5) is 9.18 Å². The van der Waals surface area contributed by atoms with Crippen molar-refractivity contribution >= 4 is 17.9 Å². The SMILES string of the molecule is CC[C@H](C)[C@@H](NC(=O)OC(C)(C)C)c1nnc(SCc2ccc(F)cc2)o1. The Morgan fingerprint density at radius 1 is 1.30 bits per heavy atom. The first-order valence-corrected chi connectivity index (χ1v) is 9.86. The second-order valence-electron chi connectivity index (χ2n) is 7.33. The molecule has 0 saturated carbocycles. The van der Waals surface area contributed by atoms with Gasteiger partial charge in [0.1, 0.15) is 17.5 Å². The smallest absolute Gasteiger partial charge is 0.408 e. The lowest BCUT2D eigenvalue weighted by molar-refractivity contribution is 0.0473. The average molecular weight is 396 g/mol. The van der Waals surface area contributed by atoms with Crippen LogP contribution in [0, 0.1) is 11.7 Å². The molecule has 0 bridgehead atoms. The van der Waals surface area contributed by atoms with E-state index in [1.807, 2.05) is 34.6 Å². The van der Waals surface area contributed by atoms with Crippen molar-refractivity contribution in [1.82, 2.24) is 15.5 Å². The zero-order chi connectivity index (χ0) is 20.0. The minimum absolute atomic E-state index is 0.0907.